The summed E-state index contributed by atoms with van der Waals surface area (Å²) in [5.74, 6) is 0. The lowest BCUT2D eigenvalue weighted by atomic mass is 10.3. The summed E-state index contributed by atoms with van der Waals surface area (Å²) in [5, 5.41) is 4.26. The first-order valence-corrected chi connectivity index (χ1v) is 7.09. The van der Waals surface area contributed by atoms with E-state index in [1.807, 2.05) is 30.3 Å². The number of fused-ring (bicyclic) bond motifs is 1. The van der Waals surface area contributed by atoms with Gasteiger partial charge in [0, 0.05) is 9.26 Å². The zero-order chi connectivity index (χ0) is 11.7. The standard InChI is InChI=1S/C13H9IN2S/c14-9-6-7-11-12(8-9)17-13(16-11)15-10-4-2-1-3-5-10/h1-8H,(H,15,16). The molecule has 84 valence electrons. The third-order valence-corrected chi connectivity index (χ3v) is 3.98. The Balaban J connectivity index is 1.96. The first-order valence-electron chi connectivity index (χ1n) is 5.19. The third kappa shape index (κ3) is 2.42. The van der Waals surface area contributed by atoms with Crippen LogP contribution in [0.2, 0.25) is 0 Å². The molecule has 17 heavy (non-hydrogen) atoms. The summed E-state index contributed by atoms with van der Waals surface area (Å²) in [6, 6.07) is 16.4. The minimum atomic E-state index is 0.938. The molecule has 3 aromatic rings. The molecule has 0 radical (unpaired) electrons. The molecule has 0 bridgehead atoms. The SMILES string of the molecule is Ic1ccc2nc(Nc3ccccc3)sc2c1. The number of halogens is 1. The predicted octanol–water partition coefficient (Wildman–Crippen LogP) is 4.64. The van der Waals surface area contributed by atoms with Crippen molar-refractivity contribution >= 4 is 55.0 Å². The first kappa shape index (κ1) is 11.0. The highest BCUT2D eigenvalue weighted by molar-refractivity contribution is 14.1. The van der Waals surface area contributed by atoms with Gasteiger partial charge in [0.1, 0.15) is 0 Å². The van der Waals surface area contributed by atoms with Gasteiger partial charge < -0.3 is 5.32 Å². The predicted molar refractivity (Wildman–Crippen MR) is 82.1 cm³/mol. The molecule has 0 saturated heterocycles. The zero-order valence-corrected chi connectivity index (χ0v) is 11.8. The van der Waals surface area contributed by atoms with E-state index in [0.29, 0.717) is 0 Å². The van der Waals surface area contributed by atoms with Gasteiger partial charge >= 0.3 is 0 Å². The van der Waals surface area contributed by atoms with E-state index in [2.05, 4.69) is 51.1 Å². The monoisotopic (exact) mass is 352 g/mol. The van der Waals surface area contributed by atoms with Gasteiger partial charge in [-0.3, -0.25) is 0 Å². The minimum Gasteiger partial charge on any atom is -0.332 e. The fraction of sp³-hybridized carbons (Fsp3) is 0. The molecular formula is C13H9IN2S. The molecule has 0 spiro atoms. The van der Waals surface area contributed by atoms with Gasteiger partial charge in [-0.25, -0.2) is 4.98 Å². The number of para-hydroxylation sites is 1. The first-order chi connectivity index (χ1) is 8.31. The van der Waals surface area contributed by atoms with Gasteiger partial charge in [0.25, 0.3) is 0 Å². The van der Waals surface area contributed by atoms with Crippen LogP contribution in [0, 0.1) is 3.57 Å². The quantitative estimate of drug-likeness (QED) is 0.680. The van der Waals surface area contributed by atoms with Crippen LogP contribution in [-0.2, 0) is 0 Å². The summed E-state index contributed by atoms with van der Waals surface area (Å²) in [7, 11) is 0. The molecule has 0 unspecified atom stereocenters. The van der Waals surface area contributed by atoms with Crippen molar-refractivity contribution in [1.82, 2.24) is 4.98 Å². The molecule has 2 nitrogen and oxygen atoms in total. The van der Waals surface area contributed by atoms with Crippen LogP contribution in [0.25, 0.3) is 10.2 Å². The molecule has 0 fully saturated rings. The van der Waals surface area contributed by atoms with Gasteiger partial charge in [-0.2, -0.15) is 0 Å². The molecule has 1 heterocycles. The Kier molecular flexibility index (Phi) is 2.98. The molecule has 0 amide bonds. The van der Waals surface area contributed by atoms with Crippen LogP contribution in [0.3, 0.4) is 0 Å². The molecule has 0 saturated carbocycles. The smallest absolute Gasteiger partial charge is 0.188 e. The summed E-state index contributed by atoms with van der Waals surface area (Å²) in [6.07, 6.45) is 0. The fourth-order valence-electron chi connectivity index (χ4n) is 1.60. The van der Waals surface area contributed by atoms with Crippen LogP contribution in [0.4, 0.5) is 10.8 Å². The third-order valence-electron chi connectivity index (χ3n) is 2.38. The van der Waals surface area contributed by atoms with Crippen molar-refractivity contribution in [1.29, 1.82) is 0 Å². The van der Waals surface area contributed by atoms with Crippen molar-refractivity contribution in [3.8, 4) is 0 Å². The second kappa shape index (κ2) is 4.62. The van der Waals surface area contributed by atoms with Gasteiger partial charge in [0.15, 0.2) is 5.13 Å². The highest BCUT2D eigenvalue weighted by Gasteiger charge is 2.03. The molecular weight excluding hydrogens is 343 g/mol. The number of aromatic nitrogens is 1. The van der Waals surface area contributed by atoms with Crippen molar-refractivity contribution in [2.75, 3.05) is 5.32 Å². The highest BCUT2D eigenvalue weighted by atomic mass is 127. The van der Waals surface area contributed by atoms with Crippen LogP contribution in [0.5, 0.6) is 0 Å². The molecule has 3 rings (SSSR count). The Morgan fingerprint density at radius 2 is 1.88 bits per heavy atom. The lowest BCUT2D eigenvalue weighted by Crippen LogP contribution is -1.87. The number of anilines is 2. The number of hydrogen-bond donors (Lipinski definition) is 1. The number of rotatable bonds is 2. The summed E-state index contributed by atoms with van der Waals surface area (Å²) >= 11 is 4.00. The van der Waals surface area contributed by atoms with E-state index in [0.717, 1.165) is 16.3 Å². The molecule has 2 aromatic carbocycles. The molecule has 1 N–H and O–H groups in total. The summed E-state index contributed by atoms with van der Waals surface area (Å²) in [5.41, 5.74) is 2.12. The van der Waals surface area contributed by atoms with Crippen LogP contribution < -0.4 is 5.32 Å². The van der Waals surface area contributed by atoms with E-state index < -0.39 is 0 Å². The van der Waals surface area contributed by atoms with E-state index in [9.17, 15) is 0 Å². The Labute approximate surface area is 117 Å². The lowest BCUT2D eigenvalue weighted by molar-refractivity contribution is 1.44. The Bertz CT molecular complexity index is 649. The number of benzene rings is 2. The zero-order valence-electron chi connectivity index (χ0n) is 8.85. The van der Waals surface area contributed by atoms with Crippen molar-refractivity contribution in [2.45, 2.75) is 0 Å². The van der Waals surface area contributed by atoms with Gasteiger partial charge in [-0.05, 0) is 52.9 Å². The van der Waals surface area contributed by atoms with Gasteiger partial charge in [0.05, 0.1) is 10.2 Å². The van der Waals surface area contributed by atoms with Gasteiger partial charge in [-0.1, -0.05) is 29.5 Å². The second-order valence-electron chi connectivity index (χ2n) is 3.62. The van der Waals surface area contributed by atoms with Crippen molar-refractivity contribution in [2.24, 2.45) is 0 Å². The summed E-state index contributed by atoms with van der Waals surface area (Å²) < 4.78 is 2.46. The second-order valence-corrected chi connectivity index (χ2v) is 5.90. The minimum absolute atomic E-state index is 0.938. The molecule has 0 aliphatic rings. The lowest BCUT2D eigenvalue weighted by Gasteiger charge is -1.99. The van der Waals surface area contributed by atoms with Crippen LogP contribution in [-0.4, -0.2) is 4.98 Å². The largest absolute Gasteiger partial charge is 0.332 e. The Morgan fingerprint density at radius 3 is 2.71 bits per heavy atom. The normalized spacial score (nSPS) is 10.6. The average Bonchev–Trinajstić information content (AvgIpc) is 2.71. The van der Waals surface area contributed by atoms with E-state index in [1.165, 1.54) is 8.27 Å². The van der Waals surface area contributed by atoms with Crippen molar-refractivity contribution < 1.29 is 0 Å². The molecule has 1 aromatic heterocycles. The maximum Gasteiger partial charge on any atom is 0.188 e. The van der Waals surface area contributed by atoms with Gasteiger partial charge in [-0.15, -0.1) is 0 Å². The number of hydrogen-bond acceptors (Lipinski definition) is 3. The number of nitrogens with one attached hydrogen (secondary N) is 1. The number of thiazole rings is 1. The molecule has 0 aliphatic carbocycles. The molecule has 0 aliphatic heterocycles. The van der Waals surface area contributed by atoms with E-state index in [4.69, 9.17) is 0 Å². The van der Waals surface area contributed by atoms with Crippen LogP contribution in [0.15, 0.2) is 48.5 Å². The van der Waals surface area contributed by atoms with Crippen molar-refractivity contribution in [3.63, 3.8) is 0 Å². The molecule has 0 atom stereocenters. The Hall–Kier alpha value is -1.14. The van der Waals surface area contributed by atoms with Gasteiger partial charge in [0.2, 0.25) is 0 Å². The summed E-state index contributed by atoms with van der Waals surface area (Å²) in [6.45, 7) is 0. The topological polar surface area (TPSA) is 24.9 Å². The maximum absolute atomic E-state index is 4.55. The molecule has 4 heteroatoms. The van der Waals surface area contributed by atoms with Crippen LogP contribution >= 0.6 is 33.9 Å². The maximum atomic E-state index is 4.55. The summed E-state index contributed by atoms with van der Waals surface area (Å²) in [4.78, 5) is 4.55. The van der Waals surface area contributed by atoms with Crippen LogP contribution in [0.1, 0.15) is 0 Å². The fourth-order valence-corrected chi connectivity index (χ4v) is 3.22. The van der Waals surface area contributed by atoms with E-state index >= 15 is 0 Å². The Morgan fingerprint density at radius 1 is 1.06 bits per heavy atom. The highest BCUT2D eigenvalue weighted by Crippen LogP contribution is 2.29. The van der Waals surface area contributed by atoms with E-state index in [1.54, 1.807) is 11.3 Å². The average molecular weight is 352 g/mol. The van der Waals surface area contributed by atoms with Crippen molar-refractivity contribution in [3.05, 3.63) is 52.1 Å². The van der Waals surface area contributed by atoms with E-state index in [-0.39, 0.29) is 0 Å². The number of nitrogens with zero attached hydrogens (tertiary/aromatic N) is 1.